The first-order valence-corrected chi connectivity index (χ1v) is 6.82. The maximum atomic E-state index is 13.1. The summed E-state index contributed by atoms with van der Waals surface area (Å²) in [6.45, 7) is 1.46. The van der Waals surface area contributed by atoms with Crippen LogP contribution in [0, 0.1) is 12.7 Å². The molecule has 9 heteroatoms. The first-order chi connectivity index (χ1) is 11.3. The Morgan fingerprint density at radius 3 is 2.42 bits per heavy atom. The molecule has 0 unspecified atom stereocenters. The van der Waals surface area contributed by atoms with E-state index in [1.165, 1.54) is 37.3 Å². The van der Waals surface area contributed by atoms with Gasteiger partial charge < -0.3 is 5.32 Å². The zero-order chi connectivity index (χ0) is 17.3. The molecule has 0 aliphatic heterocycles. The van der Waals surface area contributed by atoms with Crippen LogP contribution in [-0.4, -0.2) is 19.7 Å². The Morgan fingerprint density at radius 2 is 1.75 bits per heavy atom. The van der Waals surface area contributed by atoms with E-state index in [1.807, 2.05) is 0 Å². The quantitative estimate of drug-likeness (QED) is 0.737. The molecule has 5 nitrogen and oxygen atoms in total. The molecule has 0 aliphatic carbocycles. The summed E-state index contributed by atoms with van der Waals surface area (Å²) in [7, 11) is 0. The largest absolute Gasteiger partial charge is 0.433 e. The number of benzene rings is 1. The predicted octanol–water partition coefficient (Wildman–Crippen LogP) is 3.87. The Kier molecular flexibility index (Phi) is 3.92. The lowest BCUT2D eigenvalue weighted by Crippen LogP contribution is -2.14. The average molecular weight is 337 g/mol. The first kappa shape index (κ1) is 15.9. The normalized spacial score (nSPS) is 11.5. The molecule has 124 valence electrons. The molecular weight excluding hydrogens is 326 g/mol. The lowest BCUT2D eigenvalue weighted by molar-refractivity contribution is -0.142. The van der Waals surface area contributed by atoms with E-state index in [1.54, 1.807) is 0 Å². The van der Waals surface area contributed by atoms with Crippen molar-refractivity contribution in [1.29, 1.82) is 0 Å². The Bertz CT molecular complexity index is 855. The number of aryl methyl sites for hydroxylation is 1. The Labute approximate surface area is 134 Å². The van der Waals surface area contributed by atoms with Crippen LogP contribution in [0.3, 0.4) is 0 Å². The molecule has 0 atom stereocenters. The highest BCUT2D eigenvalue weighted by Crippen LogP contribution is 2.31. The van der Waals surface area contributed by atoms with Gasteiger partial charge >= 0.3 is 6.18 Å². The van der Waals surface area contributed by atoms with E-state index >= 15 is 0 Å². The lowest BCUT2D eigenvalue weighted by Gasteiger charge is -2.11. The fourth-order valence-electron chi connectivity index (χ4n) is 2.09. The van der Waals surface area contributed by atoms with Crippen LogP contribution < -0.4 is 5.32 Å². The number of rotatable bonds is 3. The number of nitrogens with zero attached hydrogens (tertiary/aromatic N) is 4. The number of aromatic nitrogens is 4. The molecule has 0 amide bonds. The van der Waals surface area contributed by atoms with E-state index in [0.717, 1.165) is 12.4 Å². The Balaban J connectivity index is 1.95. The molecule has 3 rings (SSSR count). The number of anilines is 2. The number of hydrogen-bond donors (Lipinski definition) is 1. The zero-order valence-corrected chi connectivity index (χ0v) is 12.3. The van der Waals surface area contributed by atoms with Crippen molar-refractivity contribution >= 4 is 11.5 Å². The maximum absolute atomic E-state index is 13.1. The zero-order valence-electron chi connectivity index (χ0n) is 12.3. The molecular formula is C15H11F4N5. The summed E-state index contributed by atoms with van der Waals surface area (Å²) in [6.07, 6.45) is -3.44. The fraction of sp³-hybridized carbons (Fsp3) is 0.133. The van der Waals surface area contributed by atoms with Crippen LogP contribution in [0.2, 0.25) is 0 Å². The van der Waals surface area contributed by atoms with Gasteiger partial charge in [0.15, 0.2) is 5.82 Å². The summed E-state index contributed by atoms with van der Waals surface area (Å²) in [5.41, 5.74) is -0.172. The standard InChI is InChI=1S/C15H11F4N5/c1-9-6-12(15(17,18)19)24(23-9)14-7-13(20-8-21-14)22-11-4-2-10(16)3-5-11/h2-8H,1H3,(H,20,21,22). The van der Waals surface area contributed by atoms with Crippen LogP contribution in [0.25, 0.3) is 5.82 Å². The molecule has 1 N–H and O–H groups in total. The van der Waals surface area contributed by atoms with Crippen LogP contribution >= 0.6 is 0 Å². The number of nitrogens with one attached hydrogen (secondary N) is 1. The van der Waals surface area contributed by atoms with Gasteiger partial charge in [0.05, 0.1) is 5.69 Å². The van der Waals surface area contributed by atoms with Gasteiger partial charge in [-0.05, 0) is 37.3 Å². The van der Waals surface area contributed by atoms with Crippen LogP contribution in [0.4, 0.5) is 29.1 Å². The molecule has 0 aliphatic rings. The van der Waals surface area contributed by atoms with Gasteiger partial charge in [-0.25, -0.2) is 19.0 Å². The molecule has 1 aromatic carbocycles. The van der Waals surface area contributed by atoms with Crippen molar-refractivity contribution in [2.75, 3.05) is 5.32 Å². The summed E-state index contributed by atoms with van der Waals surface area (Å²) in [5.74, 6) is -0.173. The van der Waals surface area contributed by atoms with Gasteiger partial charge in [-0.2, -0.15) is 18.3 Å². The molecule has 3 aromatic rings. The molecule has 0 saturated carbocycles. The van der Waals surface area contributed by atoms with Gasteiger partial charge in [0.25, 0.3) is 0 Å². The molecule has 0 saturated heterocycles. The van der Waals surface area contributed by atoms with Crippen molar-refractivity contribution in [3.8, 4) is 5.82 Å². The molecule has 0 spiro atoms. The highest BCUT2D eigenvalue weighted by atomic mass is 19.4. The minimum atomic E-state index is -4.56. The van der Waals surface area contributed by atoms with Crippen molar-refractivity contribution in [3.63, 3.8) is 0 Å². The summed E-state index contributed by atoms with van der Waals surface area (Å²) >= 11 is 0. The summed E-state index contributed by atoms with van der Waals surface area (Å²) in [6, 6.07) is 7.74. The number of alkyl halides is 3. The van der Waals surface area contributed by atoms with E-state index in [2.05, 4.69) is 20.4 Å². The predicted molar refractivity (Wildman–Crippen MR) is 78.6 cm³/mol. The second-order valence-electron chi connectivity index (χ2n) is 4.97. The van der Waals surface area contributed by atoms with Crippen LogP contribution in [0.5, 0.6) is 0 Å². The van der Waals surface area contributed by atoms with Gasteiger partial charge in [0.1, 0.15) is 23.7 Å². The number of halogens is 4. The lowest BCUT2D eigenvalue weighted by atomic mass is 10.3. The molecule has 2 heterocycles. The third-order valence-corrected chi connectivity index (χ3v) is 3.11. The van der Waals surface area contributed by atoms with Gasteiger partial charge in [-0.3, -0.25) is 0 Å². The van der Waals surface area contributed by atoms with Gasteiger partial charge in [0.2, 0.25) is 0 Å². The van der Waals surface area contributed by atoms with Crippen molar-refractivity contribution < 1.29 is 17.6 Å². The Morgan fingerprint density at radius 1 is 1.04 bits per heavy atom. The van der Waals surface area contributed by atoms with Crippen LogP contribution in [0.1, 0.15) is 11.4 Å². The minimum Gasteiger partial charge on any atom is -0.340 e. The van der Waals surface area contributed by atoms with E-state index in [-0.39, 0.29) is 17.3 Å². The van der Waals surface area contributed by atoms with E-state index in [0.29, 0.717) is 10.4 Å². The van der Waals surface area contributed by atoms with Crippen molar-refractivity contribution in [1.82, 2.24) is 19.7 Å². The molecule has 0 radical (unpaired) electrons. The van der Waals surface area contributed by atoms with Crippen LogP contribution in [0.15, 0.2) is 42.7 Å². The Hall–Kier alpha value is -2.97. The second kappa shape index (κ2) is 5.91. The third kappa shape index (κ3) is 3.34. The molecule has 24 heavy (non-hydrogen) atoms. The van der Waals surface area contributed by atoms with Gasteiger partial charge in [-0.1, -0.05) is 0 Å². The number of hydrogen-bond acceptors (Lipinski definition) is 4. The van der Waals surface area contributed by atoms with Crippen LogP contribution in [-0.2, 0) is 6.18 Å². The van der Waals surface area contributed by atoms with Gasteiger partial charge in [0, 0.05) is 11.8 Å². The van der Waals surface area contributed by atoms with E-state index in [9.17, 15) is 17.6 Å². The second-order valence-corrected chi connectivity index (χ2v) is 4.97. The SMILES string of the molecule is Cc1cc(C(F)(F)F)n(-c2cc(Nc3ccc(F)cc3)ncn2)n1. The average Bonchev–Trinajstić information content (AvgIpc) is 2.92. The monoisotopic (exact) mass is 337 g/mol. The van der Waals surface area contributed by atoms with Gasteiger partial charge in [-0.15, -0.1) is 0 Å². The van der Waals surface area contributed by atoms with Crippen molar-refractivity contribution in [2.45, 2.75) is 13.1 Å². The maximum Gasteiger partial charge on any atom is 0.433 e. The van der Waals surface area contributed by atoms with E-state index in [4.69, 9.17) is 0 Å². The fourth-order valence-corrected chi connectivity index (χ4v) is 2.09. The molecule has 0 fully saturated rings. The summed E-state index contributed by atoms with van der Waals surface area (Å²) < 4.78 is 52.8. The van der Waals surface area contributed by atoms with E-state index < -0.39 is 17.7 Å². The summed E-state index contributed by atoms with van der Waals surface area (Å²) in [5, 5.41) is 6.70. The minimum absolute atomic E-state index is 0.0324. The highest BCUT2D eigenvalue weighted by Gasteiger charge is 2.36. The first-order valence-electron chi connectivity index (χ1n) is 6.82. The van der Waals surface area contributed by atoms with Crippen molar-refractivity contribution in [3.05, 3.63) is 59.9 Å². The third-order valence-electron chi connectivity index (χ3n) is 3.11. The molecule has 0 bridgehead atoms. The topological polar surface area (TPSA) is 55.6 Å². The smallest absolute Gasteiger partial charge is 0.340 e. The highest BCUT2D eigenvalue weighted by molar-refractivity contribution is 5.57. The molecule has 2 aromatic heterocycles. The van der Waals surface area contributed by atoms with Crippen molar-refractivity contribution in [2.24, 2.45) is 0 Å². The summed E-state index contributed by atoms with van der Waals surface area (Å²) in [4.78, 5) is 7.79.